The van der Waals surface area contributed by atoms with Crippen LogP contribution in [-0.2, 0) is 12.3 Å². The maximum absolute atomic E-state index is 13.5. The number of thioether (sulfide) groups is 1. The number of nitrogens with zero attached hydrogens (tertiary/aromatic N) is 3. The lowest BCUT2D eigenvalue weighted by atomic mass is 10.2. The molecule has 0 spiro atoms. The molecule has 0 aliphatic carbocycles. The third kappa shape index (κ3) is 5.58. The van der Waals surface area contributed by atoms with Gasteiger partial charge in [0.15, 0.2) is 11.0 Å². The summed E-state index contributed by atoms with van der Waals surface area (Å²) in [6.07, 6.45) is 0. The Hall–Kier alpha value is -3.36. The Bertz CT molecular complexity index is 1330. The van der Waals surface area contributed by atoms with Crippen LogP contribution in [0.5, 0.6) is 5.75 Å². The van der Waals surface area contributed by atoms with Gasteiger partial charge in [-0.3, -0.25) is 9.36 Å². The molecule has 4 aromatic rings. The highest BCUT2D eigenvalue weighted by molar-refractivity contribution is 7.98. The Balaban J connectivity index is 1.61. The van der Waals surface area contributed by atoms with Gasteiger partial charge in [0, 0.05) is 16.3 Å². The van der Waals surface area contributed by atoms with Crippen molar-refractivity contribution in [2.75, 3.05) is 7.11 Å². The average Bonchev–Trinajstić information content (AvgIpc) is 3.25. The predicted octanol–water partition coefficient (Wildman–Crippen LogP) is 5.60. The van der Waals surface area contributed by atoms with E-state index in [0.29, 0.717) is 21.8 Å². The van der Waals surface area contributed by atoms with E-state index in [9.17, 15) is 9.18 Å². The van der Waals surface area contributed by atoms with Crippen LogP contribution in [0.25, 0.3) is 5.69 Å². The summed E-state index contributed by atoms with van der Waals surface area (Å²) in [5.41, 5.74) is 3.10. The molecule has 6 nitrogen and oxygen atoms in total. The fourth-order valence-corrected chi connectivity index (χ4v) is 4.45. The minimum atomic E-state index is -0.471. The van der Waals surface area contributed by atoms with Gasteiger partial charge in [-0.15, -0.1) is 10.2 Å². The normalized spacial score (nSPS) is 10.8. The van der Waals surface area contributed by atoms with E-state index in [1.54, 1.807) is 13.2 Å². The number of benzene rings is 3. The van der Waals surface area contributed by atoms with Crippen molar-refractivity contribution >= 4 is 29.3 Å². The molecule has 0 radical (unpaired) electrons. The molecule has 0 aliphatic rings. The van der Waals surface area contributed by atoms with Crippen molar-refractivity contribution in [2.45, 2.75) is 24.4 Å². The quantitative estimate of drug-likeness (QED) is 0.322. The number of methoxy groups -OCH3 is 1. The van der Waals surface area contributed by atoms with Gasteiger partial charge in [0.25, 0.3) is 5.91 Å². The number of carbonyl (C=O) groups excluding carboxylic acids is 1. The van der Waals surface area contributed by atoms with E-state index >= 15 is 0 Å². The summed E-state index contributed by atoms with van der Waals surface area (Å²) in [6, 6.07) is 18.9. The van der Waals surface area contributed by atoms with E-state index in [2.05, 4.69) is 15.5 Å². The van der Waals surface area contributed by atoms with Crippen LogP contribution in [0.4, 0.5) is 4.39 Å². The second-order valence-electron chi connectivity index (χ2n) is 7.50. The average molecular weight is 497 g/mol. The Morgan fingerprint density at radius 1 is 1.12 bits per heavy atom. The molecule has 174 valence electrons. The summed E-state index contributed by atoms with van der Waals surface area (Å²) >= 11 is 7.80. The van der Waals surface area contributed by atoms with E-state index in [1.807, 2.05) is 54.0 Å². The summed E-state index contributed by atoms with van der Waals surface area (Å²) in [5.74, 6) is 1.09. The highest BCUT2D eigenvalue weighted by Gasteiger charge is 2.18. The van der Waals surface area contributed by atoms with Gasteiger partial charge in [-0.2, -0.15) is 0 Å². The van der Waals surface area contributed by atoms with Gasteiger partial charge in [0.05, 0.1) is 19.3 Å². The molecule has 4 rings (SSSR count). The third-order valence-corrected chi connectivity index (χ3v) is 6.34. The van der Waals surface area contributed by atoms with Gasteiger partial charge < -0.3 is 10.1 Å². The van der Waals surface area contributed by atoms with Crippen molar-refractivity contribution in [3.8, 4) is 11.4 Å². The van der Waals surface area contributed by atoms with Crippen molar-refractivity contribution in [2.24, 2.45) is 0 Å². The summed E-state index contributed by atoms with van der Waals surface area (Å²) in [7, 11) is 1.63. The number of hydrogen-bond acceptors (Lipinski definition) is 5. The number of amides is 1. The molecule has 9 heteroatoms. The highest BCUT2D eigenvalue weighted by atomic mass is 35.5. The lowest BCUT2D eigenvalue weighted by Gasteiger charge is -2.14. The number of aromatic nitrogens is 3. The molecule has 0 bridgehead atoms. The van der Waals surface area contributed by atoms with Gasteiger partial charge in [-0.25, -0.2) is 4.39 Å². The smallest absolute Gasteiger partial charge is 0.251 e. The summed E-state index contributed by atoms with van der Waals surface area (Å²) < 4.78 is 20.7. The number of rotatable bonds is 8. The number of nitrogens with one attached hydrogen (secondary N) is 1. The molecule has 1 heterocycles. The first-order valence-electron chi connectivity index (χ1n) is 10.4. The first-order chi connectivity index (χ1) is 16.4. The molecule has 0 saturated heterocycles. The Labute approximate surface area is 206 Å². The Morgan fingerprint density at radius 3 is 2.74 bits per heavy atom. The summed E-state index contributed by atoms with van der Waals surface area (Å²) in [4.78, 5) is 12.5. The molecule has 1 amide bonds. The van der Waals surface area contributed by atoms with Gasteiger partial charge in [-0.05, 0) is 60.5 Å². The maximum atomic E-state index is 13.5. The fraction of sp³-hybridized carbons (Fsp3) is 0.160. The van der Waals surface area contributed by atoms with E-state index < -0.39 is 11.7 Å². The molecular weight excluding hydrogens is 475 g/mol. The molecule has 1 N–H and O–H groups in total. The van der Waals surface area contributed by atoms with E-state index in [0.717, 1.165) is 22.6 Å². The van der Waals surface area contributed by atoms with Crippen LogP contribution < -0.4 is 10.1 Å². The SMILES string of the molecule is COc1cccc(CSc2nnc(CNC(=O)c3cccc(F)c3)n2-c2cc(Cl)ccc2C)c1. The van der Waals surface area contributed by atoms with Gasteiger partial charge in [0.2, 0.25) is 0 Å². The molecule has 0 saturated carbocycles. The number of carbonyl (C=O) groups is 1. The summed E-state index contributed by atoms with van der Waals surface area (Å²) in [5, 5.41) is 12.7. The van der Waals surface area contributed by atoms with Gasteiger partial charge in [-0.1, -0.05) is 47.6 Å². The van der Waals surface area contributed by atoms with Crippen LogP contribution >= 0.6 is 23.4 Å². The predicted molar refractivity (Wildman–Crippen MR) is 131 cm³/mol. The lowest BCUT2D eigenvalue weighted by Crippen LogP contribution is -2.24. The number of halogens is 2. The minimum absolute atomic E-state index is 0.105. The molecule has 3 aromatic carbocycles. The number of ether oxygens (including phenoxy) is 1. The first kappa shape index (κ1) is 23.8. The molecule has 34 heavy (non-hydrogen) atoms. The Morgan fingerprint density at radius 2 is 1.94 bits per heavy atom. The van der Waals surface area contributed by atoms with Crippen LogP contribution in [0.3, 0.4) is 0 Å². The minimum Gasteiger partial charge on any atom is -0.497 e. The van der Waals surface area contributed by atoms with Gasteiger partial charge >= 0.3 is 0 Å². The van der Waals surface area contributed by atoms with E-state index in [-0.39, 0.29) is 12.1 Å². The number of hydrogen-bond donors (Lipinski definition) is 1. The van der Waals surface area contributed by atoms with Crippen LogP contribution in [0.2, 0.25) is 5.02 Å². The van der Waals surface area contributed by atoms with Crippen molar-refractivity contribution in [1.82, 2.24) is 20.1 Å². The van der Waals surface area contributed by atoms with E-state index in [4.69, 9.17) is 16.3 Å². The standard InChI is InChI=1S/C25H22ClFN4O2S/c1-16-9-10-19(26)13-22(16)31-23(14-28-24(32)18-6-4-7-20(27)12-18)29-30-25(31)34-15-17-5-3-8-21(11-17)33-2/h3-13H,14-15H2,1-2H3,(H,28,32). The van der Waals surface area contributed by atoms with Crippen LogP contribution in [0.1, 0.15) is 27.3 Å². The monoisotopic (exact) mass is 496 g/mol. The van der Waals surface area contributed by atoms with E-state index in [1.165, 1.54) is 30.0 Å². The van der Waals surface area contributed by atoms with Crippen molar-refractivity contribution in [3.63, 3.8) is 0 Å². The zero-order valence-electron chi connectivity index (χ0n) is 18.6. The Kier molecular flexibility index (Phi) is 7.49. The van der Waals surface area contributed by atoms with Gasteiger partial charge in [0.1, 0.15) is 11.6 Å². The second kappa shape index (κ2) is 10.7. The molecule has 0 fully saturated rings. The lowest BCUT2D eigenvalue weighted by molar-refractivity contribution is 0.0949. The van der Waals surface area contributed by atoms with Crippen LogP contribution in [0.15, 0.2) is 71.9 Å². The third-order valence-electron chi connectivity index (χ3n) is 5.11. The van der Waals surface area contributed by atoms with Crippen molar-refractivity contribution in [3.05, 3.63) is 100 Å². The van der Waals surface area contributed by atoms with Crippen molar-refractivity contribution < 1.29 is 13.9 Å². The van der Waals surface area contributed by atoms with Crippen LogP contribution in [-0.4, -0.2) is 27.8 Å². The number of aryl methyl sites for hydroxylation is 1. The molecule has 0 atom stereocenters. The second-order valence-corrected chi connectivity index (χ2v) is 8.88. The zero-order chi connectivity index (χ0) is 24.1. The first-order valence-corrected chi connectivity index (χ1v) is 11.8. The fourth-order valence-electron chi connectivity index (χ4n) is 3.37. The maximum Gasteiger partial charge on any atom is 0.251 e. The molecular formula is C25H22ClFN4O2S. The molecule has 0 unspecified atom stereocenters. The largest absolute Gasteiger partial charge is 0.497 e. The van der Waals surface area contributed by atoms with Crippen molar-refractivity contribution in [1.29, 1.82) is 0 Å². The topological polar surface area (TPSA) is 69.0 Å². The highest BCUT2D eigenvalue weighted by Crippen LogP contribution is 2.29. The summed E-state index contributed by atoms with van der Waals surface area (Å²) in [6.45, 7) is 2.07. The zero-order valence-corrected chi connectivity index (χ0v) is 20.2. The van der Waals surface area contributed by atoms with Crippen LogP contribution in [0, 0.1) is 12.7 Å². The molecule has 0 aliphatic heterocycles. The molecule has 1 aromatic heterocycles.